The van der Waals surface area contributed by atoms with E-state index in [2.05, 4.69) is 30.7 Å². The molecule has 0 amide bonds. The van der Waals surface area contributed by atoms with Crippen LogP contribution >= 0.6 is 0 Å². The third-order valence-corrected chi connectivity index (χ3v) is 4.30. The molecular weight excluding hydrogens is 332 g/mol. The molecule has 0 saturated carbocycles. The predicted octanol–water partition coefficient (Wildman–Crippen LogP) is 1.51. The Hall–Kier alpha value is -2.94. The minimum Gasteiger partial charge on any atom is -0.355 e. The van der Waals surface area contributed by atoms with E-state index in [1.165, 1.54) is 12.8 Å². The molecular formula is C17H22N8O. The maximum absolute atomic E-state index is 5.16. The standard InChI is InChI=1S/C17H22N8O/c1-18-8-9-19-17-21-14(23-26-17)5-4-13-12-20-15-6-7-16(22-25(13)15)24-10-2-3-11-24/h4-7,12,18H,2-3,8-11H2,1H3,(H,19,21,23)/b5-4+. The van der Waals surface area contributed by atoms with Crippen LogP contribution in [0.5, 0.6) is 0 Å². The number of nitrogens with one attached hydrogen (secondary N) is 2. The molecule has 2 N–H and O–H groups in total. The predicted molar refractivity (Wildman–Crippen MR) is 100 cm³/mol. The lowest BCUT2D eigenvalue weighted by molar-refractivity contribution is 0.428. The molecule has 0 atom stereocenters. The summed E-state index contributed by atoms with van der Waals surface area (Å²) in [6, 6.07) is 4.44. The first-order valence-electron chi connectivity index (χ1n) is 8.83. The van der Waals surface area contributed by atoms with E-state index < -0.39 is 0 Å². The SMILES string of the molecule is CNCCNc1nc(/C=C/c2cnc3ccc(N4CCCC4)nn23)no1. The monoisotopic (exact) mass is 354 g/mol. The largest absolute Gasteiger partial charge is 0.355 e. The molecule has 0 bridgehead atoms. The summed E-state index contributed by atoms with van der Waals surface area (Å²) in [5.41, 5.74) is 1.69. The molecule has 1 aliphatic rings. The summed E-state index contributed by atoms with van der Waals surface area (Å²) in [5, 5.41) is 14.8. The van der Waals surface area contributed by atoms with Gasteiger partial charge in [-0.1, -0.05) is 5.16 Å². The van der Waals surface area contributed by atoms with Gasteiger partial charge in [-0.15, -0.1) is 5.10 Å². The number of fused-ring (bicyclic) bond motifs is 1. The van der Waals surface area contributed by atoms with Crippen LogP contribution in [0, 0.1) is 0 Å². The van der Waals surface area contributed by atoms with Crippen molar-refractivity contribution in [2.45, 2.75) is 12.8 Å². The molecule has 0 aromatic carbocycles. The number of anilines is 2. The molecule has 4 heterocycles. The van der Waals surface area contributed by atoms with E-state index in [1.807, 2.05) is 29.8 Å². The lowest BCUT2D eigenvalue weighted by Gasteiger charge is -2.15. The lowest BCUT2D eigenvalue weighted by Crippen LogP contribution is -2.19. The summed E-state index contributed by atoms with van der Waals surface area (Å²) in [6.07, 6.45) is 7.92. The fourth-order valence-electron chi connectivity index (χ4n) is 2.94. The first-order valence-corrected chi connectivity index (χ1v) is 8.83. The molecule has 4 rings (SSSR count). The molecule has 0 unspecified atom stereocenters. The Balaban J connectivity index is 1.51. The van der Waals surface area contributed by atoms with Gasteiger partial charge in [0, 0.05) is 26.2 Å². The quantitative estimate of drug-likeness (QED) is 0.617. The number of rotatable bonds is 7. The summed E-state index contributed by atoms with van der Waals surface area (Å²) in [4.78, 5) is 11.0. The van der Waals surface area contributed by atoms with Gasteiger partial charge in [0.25, 0.3) is 0 Å². The van der Waals surface area contributed by atoms with Gasteiger partial charge in [-0.25, -0.2) is 9.50 Å². The molecule has 1 saturated heterocycles. The zero-order valence-electron chi connectivity index (χ0n) is 14.7. The summed E-state index contributed by atoms with van der Waals surface area (Å²) in [5.74, 6) is 1.49. The first-order chi connectivity index (χ1) is 12.8. The molecule has 0 radical (unpaired) electrons. The summed E-state index contributed by atoms with van der Waals surface area (Å²) >= 11 is 0. The molecule has 9 heteroatoms. The Bertz CT molecular complexity index is 893. The minimum atomic E-state index is 0.410. The fraction of sp³-hybridized carbons (Fsp3) is 0.412. The van der Waals surface area contributed by atoms with E-state index in [0.29, 0.717) is 11.8 Å². The van der Waals surface area contributed by atoms with Crippen molar-refractivity contribution in [3.05, 3.63) is 29.8 Å². The maximum atomic E-state index is 5.16. The van der Waals surface area contributed by atoms with Crippen molar-refractivity contribution in [3.8, 4) is 0 Å². The third kappa shape index (κ3) is 3.52. The van der Waals surface area contributed by atoms with E-state index >= 15 is 0 Å². The molecule has 3 aromatic heterocycles. The third-order valence-electron chi connectivity index (χ3n) is 4.30. The average Bonchev–Trinajstić information content (AvgIpc) is 3.41. The Labute approximate surface area is 151 Å². The highest BCUT2D eigenvalue weighted by Crippen LogP contribution is 2.19. The van der Waals surface area contributed by atoms with Gasteiger partial charge >= 0.3 is 6.01 Å². The van der Waals surface area contributed by atoms with E-state index in [0.717, 1.165) is 43.3 Å². The average molecular weight is 354 g/mol. The van der Waals surface area contributed by atoms with Crippen molar-refractivity contribution in [2.75, 3.05) is 43.4 Å². The lowest BCUT2D eigenvalue weighted by atomic mass is 10.4. The molecule has 1 aliphatic heterocycles. The Kier molecular flexibility index (Phi) is 4.78. The van der Waals surface area contributed by atoms with Gasteiger partial charge < -0.3 is 20.1 Å². The van der Waals surface area contributed by atoms with Crippen LogP contribution in [-0.2, 0) is 0 Å². The number of hydrogen-bond acceptors (Lipinski definition) is 8. The second kappa shape index (κ2) is 7.52. The number of aromatic nitrogens is 5. The number of nitrogens with zero attached hydrogens (tertiary/aromatic N) is 6. The minimum absolute atomic E-state index is 0.410. The molecule has 136 valence electrons. The van der Waals surface area contributed by atoms with Crippen LogP contribution in [-0.4, -0.2) is 58.0 Å². The van der Waals surface area contributed by atoms with Crippen molar-refractivity contribution >= 4 is 29.6 Å². The normalized spacial score (nSPS) is 14.7. The Morgan fingerprint density at radius 1 is 1.19 bits per heavy atom. The highest BCUT2D eigenvalue weighted by Gasteiger charge is 2.14. The van der Waals surface area contributed by atoms with Gasteiger partial charge in [-0.05, 0) is 44.2 Å². The van der Waals surface area contributed by atoms with Gasteiger partial charge in [-0.2, -0.15) is 4.98 Å². The van der Waals surface area contributed by atoms with Crippen LogP contribution in [0.1, 0.15) is 24.4 Å². The number of imidazole rings is 1. The van der Waals surface area contributed by atoms with Crippen LogP contribution in [0.2, 0.25) is 0 Å². The molecule has 9 nitrogen and oxygen atoms in total. The molecule has 0 aliphatic carbocycles. The van der Waals surface area contributed by atoms with E-state index in [-0.39, 0.29) is 0 Å². The zero-order valence-corrected chi connectivity index (χ0v) is 14.7. The molecule has 0 spiro atoms. The van der Waals surface area contributed by atoms with Crippen LogP contribution in [0.4, 0.5) is 11.8 Å². The van der Waals surface area contributed by atoms with Crippen molar-refractivity contribution in [2.24, 2.45) is 0 Å². The van der Waals surface area contributed by atoms with Gasteiger partial charge in [0.2, 0.25) is 0 Å². The molecule has 26 heavy (non-hydrogen) atoms. The zero-order chi connectivity index (χ0) is 17.8. The van der Waals surface area contributed by atoms with Gasteiger partial charge in [-0.3, -0.25) is 0 Å². The van der Waals surface area contributed by atoms with E-state index in [1.54, 1.807) is 12.3 Å². The highest BCUT2D eigenvalue weighted by atomic mass is 16.5. The molecule has 3 aromatic rings. The van der Waals surface area contributed by atoms with Gasteiger partial charge in [0.15, 0.2) is 11.5 Å². The van der Waals surface area contributed by atoms with Gasteiger partial charge in [0.1, 0.15) is 5.82 Å². The van der Waals surface area contributed by atoms with Crippen LogP contribution in [0.3, 0.4) is 0 Å². The summed E-state index contributed by atoms with van der Waals surface area (Å²) < 4.78 is 7.00. The topological polar surface area (TPSA) is 96.4 Å². The summed E-state index contributed by atoms with van der Waals surface area (Å²) in [7, 11) is 1.89. The molecule has 1 fully saturated rings. The number of hydrogen-bond donors (Lipinski definition) is 2. The van der Waals surface area contributed by atoms with Crippen molar-refractivity contribution in [1.82, 2.24) is 30.1 Å². The Morgan fingerprint density at radius 3 is 2.92 bits per heavy atom. The second-order valence-electron chi connectivity index (χ2n) is 6.16. The van der Waals surface area contributed by atoms with Crippen molar-refractivity contribution in [3.63, 3.8) is 0 Å². The van der Waals surface area contributed by atoms with Crippen LogP contribution < -0.4 is 15.5 Å². The fourth-order valence-corrected chi connectivity index (χ4v) is 2.94. The smallest absolute Gasteiger partial charge is 0.321 e. The van der Waals surface area contributed by atoms with E-state index in [4.69, 9.17) is 9.62 Å². The van der Waals surface area contributed by atoms with Crippen molar-refractivity contribution in [1.29, 1.82) is 0 Å². The van der Waals surface area contributed by atoms with Crippen LogP contribution in [0.25, 0.3) is 17.8 Å². The first kappa shape index (κ1) is 16.5. The Morgan fingerprint density at radius 2 is 2.08 bits per heavy atom. The maximum Gasteiger partial charge on any atom is 0.321 e. The second-order valence-corrected chi connectivity index (χ2v) is 6.16. The van der Waals surface area contributed by atoms with Crippen LogP contribution in [0.15, 0.2) is 22.9 Å². The summed E-state index contributed by atoms with van der Waals surface area (Å²) in [6.45, 7) is 3.66. The number of likely N-dealkylation sites (N-methyl/N-ethyl adjacent to an activating group) is 1. The van der Waals surface area contributed by atoms with E-state index in [9.17, 15) is 0 Å². The van der Waals surface area contributed by atoms with Crippen molar-refractivity contribution < 1.29 is 4.52 Å². The highest BCUT2D eigenvalue weighted by molar-refractivity contribution is 5.66. The van der Waals surface area contributed by atoms with Gasteiger partial charge in [0.05, 0.1) is 11.9 Å².